The number of hydrogen-bond acceptors (Lipinski definition) is 4. The molecule has 1 amide bonds. The number of nitrogens with one attached hydrogen (secondary N) is 2. The predicted octanol–water partition coefficient (Wildman–Crippen LogP) is 2.39. The number of amides is 1. The number of hydrogen-bond donors (Lipinski definition) is 2. The van der Waals surface area contributed by atoms with Gasteiger partial charge in [-0.1, -0.05) is 0 Å². The van der Waals surface area contributed by atoms with Crippen LogP contribution in [0.25, 0.3) is 0 Å². The Morgan fingerprint density at radius 2 is 2.00 bits per heavy atom. The van der Waals surface area contributed by atoms with E-state index in [1.165, 1.54) is 0 Å². The summed E-state index contributed by atoms with van der Waals surface area (Å²) < 4.78 is 11.1. The molecule has 1 saturated heterocycles. The molecule has 1 heterocycles. The third-order valence-electron chi connectivity index (χ3n) is 3.44. The van der Waals surface area contributed by atoms with Crippen LogP contribution in [0.2, 0.25) is 0 Å². The molecule has 124 valence electrons. The molecule has 0 unspecified atom stereocenters. The van der Waals surface area contributed by atoms with Crippen LogP contribution in [-0.2, 0) is 0 Å². The Morgan fingerprint density at radius 3 is 2.64 bits per heavy atom. The van der Waals surface area contributed by atoms with Gasteiger partial charge in [0.05, 0.1) is 13.2 Å². The quantitative estimate of drug-likeness (QED) is 0.842. The topological polar surface area (TPSA) is 59.6 Å². The SMILES string of the molecule is CCOc1ccc(C(=O)N[C@H]2CCCNC2)cc1OCC.Cl. The second-order valence-corrected chi connectivity index (χ2v) is 5.04. The molecule has 6 heteroatoms. The monoisotopic (exact) mass is 328 g/mol. The van der Waals surface area contributed by atoms with Gasteiger partial charge in [-0.05, 0) is 51.4 Å². The zero-order valence-corrected chi connectivity index (χ0v) is 14.0. The molecule has 0 bridgehead atoms. The van der Waals surface area contributed by atoms with Gasteiger partial charge in [0, 0.05) is 18.2 Å². The van der Waals surface area contributed by atoms with Crippen LogP contribution in [0.1, 0.15) is 37.0 Å². The lowest BCUT2D eigenvalue weighted by Gasteiger charge is -2.24. The number of halogens is 1. The Bertz CT molecular complexity index is 476. The highest BCUT2D eigenvalue weighted by molar-refractivity contribution is 5.95. The molecular formula is C16H25ClN2O3. The van der Waals surface area contributed by atoms with Crippen LogP contribution in [-0.4, -0.2) is 38.3 Å². The van der Waals surface area contributed by atoms with E-state index in [0.29, 0.717) is 30.3 Å². The summed E-state index contributed by atoms with van der Waals surface area (Å²) >= 11 is 0. The minimum Gasteiger partial charge on any atom is -0.490 e. The van der Waals surface area contributed by atoms with Gasteiger partial charge in [-0.3, -0.25) is 4.79 Å². The summed E-state index contributed by atoms with van der Waals surface area (Å²) in [6.07, 6.45) is 2.12. The molecule has 0 saturated carbocycles. The van der Waals surface area contributed by atoms with Gasteiger partial charge in [0.1, 0.15) is 0 Å². The van der Waals surface area contributed by atoms with Crippen LogP contribution in [0.5, 0.6) is 11.5 Å². The van der Waals surface area contributed by atoms with Crippen LogP contribution in [0.3, 0.4) is 0 Å². The molecule has 0 spiro atoms. The van der Waals surface area contributed by atoms with E-state index in [1.807, 2.05) is 13.8 Å². The first kappa shape index (κ1) is 18.6. The molecule has 1 fully saturated rings. The largest absolute Gasteiger partial charge is 0.490 e. The normalized spacial score (nSPS) is 17.3. The van der Waals surface area contributed by atoms with Crippen molar-refractivity contribution in [1.82, 2.24) is 10.6 Å². The molecule has 5 nitrogen and oxygen atoms in total. The molecule has 1 atom stereocenters. The van der Waals surface area contributed by atoms with Crippen molar-refractivity contribution in [2.45, 2.75) is 32.7 Å². The van der Waals surface area contributed by atoms with Gasteiger partial charge < -0.3 is 20.1 Å². The van der Waals surface area contributed by atoms with Crippen molar-refractivity contribution in [3.63, 3.8) is 0 Å². The number of benzene rings is 1. The molecule has 2 N–H and O–H groups in total. The molecule has 1 aliphatic heterocycles. The van der Waals surface area contributed by atoms with Gasteiger partial charge in [-0.25, -0.2) is 0 Å². The average Bonchev–Trinajstić information content (AvgIpc) is 2.50. The minimum absolute atomic E-state index is 0. The van der Waals surface area contributed by atoms with Gasteiger partial charge in [0.25, 0.3) is 5.91 Å². The summed E-state index contributed by atoms with van der Waals surface area (Å²) in [5, 5.41) is 6.35. The molecule has 0 aromatic heterocycles. The molecule has 2 rings (SSSR count). The summed E-state index contributed by atoms with van der Waals surface area (Å²) in [5.41, 5.74) is 0.604. The summed E-state index contributed by atoms with van der Waals surface area (Å²) in [7, 11) is 0. The smallest absolute Gasteiger partial charge is 0.251 e. The Labute approximate surface area is 138 Å². The Balaban J connectivity index is 0.00000242. The Kier molecular flexibility index (Phi) is 8.06. The molecule has 22 heavy (non-hydrogen) atoms. The van der Waals surface area contributed by atoms with Crippen molar-refractivity contribution in [3.8, 4) is 11.5 Å². The minimum atomic E-state index is -0.0623. The summed E-state index contributed by atoms with van der Waals surface area (Å²) in [6.45, 7) is 6.81. The van der Waals surface area contributed by atoms with Crippen LogP contribution < -0.4 is 20.1 Å². The summed E-state index contributed by atoms with van der Waals surface area (Å²) in [5.74, 6) is 1.23. The molecule has 0 radical (unpaired) electrons. The van der Waals surface area contributed by atoms with E-state index in [-0.39, 0.29) is 24.4 Å². The molecule has 1 aliphatic rings. The highest BCUT2D eigenvalue weighted by Crippen LogP contribution is 2.28. The molecular weight excluding hydrogens is 304 g/mol. The van der Waals surface area contributed by atoms with E-state index in [9.17, 15) is 4.79 Å². The van der Waals surface area contributed by atoms with E-state index in [4.69, 9.17) is 9.47 Å². The van der Waals surface area contributed by atoms with Gasteiger partial charge >= 0.3 is 0 Å². The molecule has 1 aromatic carbocycles. The first-order valence-electron chi connectivity index (χ1n) is 7.65. The second-order valence-electron chi connectivity index (χ2n) is 5.04. The van der Waals surface area contributed by atoms with Gasteiger partial charge in [-0.2, -0.15) is 0 Å². The second kappa shape index (κ2) is 9.54. The standard InChI is InChI=1S/C16H24N2O3.ClH/c1-3-20-14-8-7-12(10-15(14)21-4-2)16(19)18-13-6-5-9-17-11-13;/h7-8,10,13,17H,3-6,9,11H2,1-2H3,(H,18,19);1H/t13-;/m0./s1. The first-order chi connectivity index (χ1) is 10.2. The lowest BCUT2D eigenvalue weighted by atomic mass is 10.1. The third kappa shape index (κ3) is 5.07. The van der Waals surface area contributed by atoms with Gasteiger partial charge in [0.15, 0.2) is 11.5 Å². The van der Waals surface area contributed by atoms with Crippen molar-refractivity contribution < 1.29 is 14.3 Å². The van der Waals surface area contributed by atoms with Crippen LogP contribution >= 0.6 is 12.4 Å². The zero-order valence-electron chi connectivity index (χ0n) is 13.2. The van der Waals surface area contributed by atoms with E-state index in [2.05, 4.69) is 10.6 Å². The zero-order chi connectivity index (χ0) is 15.1. The van der Waals surface area contributed by atoms with Crippen LogP contribution in [0, 0.1) is 0 Å². The lowest BCUT2D eigenvalue weighted by Crippen LogP contribution is -2.45. The first-order valence-corrected chi connectivity index (χ1v) is 7.65. The van der Waals surface area contributed by atoms with Gasteiger partial charge in [0.2, 0.25) is 0 Å². The van der Waals surface area contributed by atoms with E-state index in [1.54, 1.807) is 18.2 Å². The van der Waals surface area contributed by atoms with Crippen molar-refractivity contribution in [3.05, 3.63) is 23.8 Å². The van der Waals surface area contributed by atoms with Crippen LogP contribution in [0.15, 0.2) is 18.2 Å². The fourth-order valence-corrected chi connectivity index (χ4v) is 2.44. The number of rotatable bonds is 6. The summed E-state index contributed by atoms with van der Waals surface area (Å²) in [6, 6.07) is 5.52. The Morgan fingerprint density at radius 1 is 1.27 bits per heavy atom. The van der Waals surface area contributed by atoms with E-state index >= 15 is 0 Å². The average molecular weight is 329 g/mol. The van der Waals surface area contributed by atoms with Crippen molar-refractivity contribution in [2.75, 3.05) is 26.3 Å². The highest BCUT2D eigenvalue weighted by atomic mass is 35.5. The fourth-order valence-electron chi connectivity index (χ4n) is 2.44. The number of carbonyl (C=O) groups is 1. The predicted molar refractivity (Wildman–Crippen MR) is 89.4 cm³/mol. The third-order valence-corrected chi connectivity index (χ3v) is 3.44. The number of ether oxygens (including phenoxy) is 2. The summed E-state index contributed by atoms with van der Waals surface area (Å²) in [4.78, 5) is 12.3. The van der Waals surface area contributed by atoms with Crippen molar-refractivity contribution in [2.24, 2.45) is 0 Å². The van der Waals surface area contributed by atoms with E-state index in [0.717, 1.165) is 25.9 Å². The fraction of sp³-hybridized carbons (Fsp3) is 0.562. The van der Waals surface area contributed by atoms with Gasteiger partial charge in [-0.15, -0.1) is 12.4 Å². The molecule has 0 aliphatic carbocycles. The maximum Gasteiger partial charge on any atom is 0.251 e. The Hall–Kier alpha value is -1.46. The molecule has 1 aromatic rings. The maximum atomic E-state index is 12.3. The van der Waals surface area contributed by atoms with Crippen molar-refractivity contribution in [1.29, 1.82) is 0 Å². The highest BCUT2D eigenvalue weighted by Gasteiger charge is 2.17. The van der Waals surface area contributed by atoms with Crippen molar-refractivity contribution >= 4 is 18.3 Å². The maximum absolute atomic E-state index is 12.3. The van der Waals surface area contributed by atoms with Crippen LogP contribution in [0.4, 0.5) is 0 Å². The number of piperidine rings is 1. The number of carbonyl (C=O) groups excluding carboxylic acids is 1. The lowest BCUT2D eigenvalue weighted by molar-refractivity contribution is 0.0930. The van der Waals surface area contributed by atoms with E-state index < -0.39 is 0 Å².